The zero-order valence-electron chi connectivity index (χ0n) is 32.6. The number of allylic oxidation sites excluding steroid dienone is 1. The molecule has 8 rings (SSSR count). The Morgan fingerprint density at radius 2 is 1.60 bits per heavy atom. The van der Waals surface area contributed by atoms with Crippen molar-refractivity contribution in [1.29, 1.82) is 0 Å². The first-order chi connectivity index (χ1) is 26.6. The summed E-state index contributed by atoms with van der Waals surface area (Å²) in [5.41, 5.74) is 5.23. The number of rotatable bonds is 11. The van der Waals surface area contributed by atoms with Crippen LogP contribution >= 0.6 is 0 Å². The molecule has 0 radical (unpaired) electrons. The molecule has 4 aliphatic heterocycles. The van der Waals surface area contributed by atoms with Gasteiger partial charge in [0, 0.05) is 52.3 Å². The highest BCUT2D eigenvalue weighted by Crippen LogP contribution is 2.59. The van der Waals surface area contributed by atoms with E-state index in [9.17, 15) is 14.4 Å². The van der Waals surface area contributed by atoms with Crippen LogP contribution in [0.4, 0.5) is 9.59 Å². The summed E-state index contributed by atoms with van der Waals surface area (Å²) in [6.45, 7) is 10.7. The molecule has 55 heavy (non-hydrogen) atoms. The second kappa shape index (κ2) is 15.5. The molecule has 296 valence electrons. The van der Waals surface area contributed by atoms with Gasteiger partial charge in [0.05, 0.1) is 18.6 Å². The van der Waals surface area contributed by atoms with Gasteiger partial charge in [0.25, 0.3) is 0 Å². The normalized spacial score (nSPS) is 31.1. The number of amides is 2. The summed E-state index contributed by atoms with van der Waals surface area (Å²) in [5.74, 6) is -0.476. The van der Waals surface area contributed by atoms with Gasteiger partial charge in [-0.2, -0.15) is 0 Å². The van der Waals surface area contributed by atoms with Crippen LogP contribution in [0, 0.1) is 5.92 Å². The lowest BCUT2D eigenvalue weighted by Crippen LogP contribution is -2.57. The smallest absolute Gasteiger partial charge is 0.410 e. The van der Waals surface area contributed by atoms with Gasteiger partial charge in [-0.25, -0.2) is 14.4 Å². The predicted octanol–water partition coefficient (Wildman–Crippen LogP) is 5.77. The largest absolute Gasteiger partial charge is 0.463 e. The predicted molar refractivity (Wildman–Crippen MR) is 204 cm³/mol. The third kappa shape index (κ3) is 7.50. The average Bonchev–Trinajstić information content (AvgIpc) is 3.99. The molecular formula is C43H55N3O9. The number of methoxy groups -OCH3 is 1. The average molecular weight is 758 g/mol. The van der Waals surface area contributed by atoms with E-state index in [0.717, 1.165) is 24.0 Å². The molecule has 2 aliphatic carbocycles. The number of likely N-dealkylation sites (tertiary alicyclic amines) is 1. The summed E-state index contributed by atoms with van der Waals surface area (Å²) in [5, 5.41) is 0. The molecular weight excluding hydrogens is 702 g/mol. The lowest BCUT2D eigenvalue weighted by molar-refractivity contribution is -0.149. The van der Waals surface area contributed by atoms with Gasteiger partial charge in [0.1, 0.15) is 42.7 Å². The lowest BCUT2D eigenvalue weighted by Gasteiger charge is -2.43. The van der Waals surface area contributed by atoms with Gasteiger partial charge in [-0.05, 0) is 75.1 Å². The molecule has 2 aromatic rings. The zero-order valence-corrected chi connectivity index (χ0v) is 32.6. The van der Waals surface area contributed by atoms with Gasteiger partial charge in [-0.15, -0.1) is 0 Å². The van der Waals surface area contributed by atoms with Crippen molar-refractivity contribution in [2.75, 3.05) is 66.2 Å². The summed E-state index contributed by atoms with van der Waals surface area (Å²) >= 11 is 0. The minimum absolute atomic E-state index is 0.0260. The summed E-state index contributed by atoms with van der Waals surface area (Å²) < 4.78 is 36.2. The van der Waals surface area contributed by atoms with E-state index in [4.69, 9.17) is 28.4 Å². The van der Waals surface area contributed by atoms with E-state index >= 15 is 0 Å². The van der Waals surface area contributed by atoms with E-state index in [-0.39, 0.29) is 55.1 Å². The lowest BCUT2D eigenvalue weighted by atomic mass is 9.68. The fourth-order valence-corrected chi connectivity index (χ4v) is 9.71. The Balaban J connectivity index is 0.774. The van der Waals surface area contributed by atoms with Gasteiger partial charge in [0.15, 0.2) is 0 Å². The van der Waals surface area contributed by atoms with Crippen LogP contribution in [-0.4, -0.2) is 135 Å². The van der Waals surface area contributed by atoms with Crippen molar-refractivity contribution in [2.24, 2.45) is 5.92 Å². The Hall–Kier alpha value is -3.97. The molecule has 4 saturated heterocycles. The number of epoxide rings is 2. The highest BCUT2D eigenvalue weighted by Gasteiger charge is 2.72. The monoisotopic (exact) mass is 757 g/mol. The van der Waals surface area contributed by atoms with E-state index in [1.807, 2.05) is 24.3 Å². The van der Waals surface area contributed by atoms with Crippen molar-refractivity contribution in [1.82, 2.24) is 14.7 Å². The number of hydrogen-bond donors (Lipinski definition) is 0. The van der Waals surface area contributed by atoms with E-state index in [1.165, 1.54) is 21.6 Å². The summed E-state index contributed by atoms with van der Waals surface area (Å²) in [4.78, 5) is 45.4. The molecule has 2 aromatic carbocycles. The van der Waals surface area contributed by atoms with Crippen LogP contribution in [0.1, 0.15) is 69.9 Å². The van der Waals surface area contributed by atoms with Crippen LogP contribution in [0.3, 0.4) is 0 Å². The molecule has 1 saturated carbocycles. The fraction of sp³-hybridized carbons (Fsp3) is 0.605. The first-order valence-electron chi connectivity index (χ1n) is 20.1. The maximum atomic E-state index is 13.4. The number of piperazine rings is 1. The standard InChI is InChI=1S/C43H55N3O9/c1-28(2)15-16-36-42(3,55-36)38-37(50-4)35(17-18-43(38)27-53-43)54-40(48)45-22-20-44(21-23-45)24-25-51-39(47)34-14-9-19-46(34)41(49)52-26-33-31-12-7-5-10-29(31)30-11-6-8-13-32(30)33/h5-8,10-13,15,33-38H,9,14,16-27H2,1-4H3/t34?,35-,36-,37-,38-,42+,43+/m1/s1. The van der Waals surface area contributed by atoms with Crippen molar-refractivity contribution >= 4 is 18.2 Å². The SMILES string of the molecule is CO[C@@H]1[C@H](OC(=O)N2CCN(CCOC(=O)C3CCCN3C(=O)OCC3c4ccccc4-c4ccccc43)CC2)CC[C@]2(CO2)[C@H]1[C@@]1(C)O[C@@H]1CC=C(C)C. The van der Waals surface area contributed by atoms with Crippen LogP contribution in [0.15, 0.2) is 60.2 Å². The van der Waals surface area contributed by atoms with Gasteiger partial charge in [-0.1, -0.05) is 60.2 Å². The van der Waals surface area contributed by atoms with Crippen molar-refractivity contribution in [3.8, 4) is 11.1 Å². The molecule has 0 bridgehead atoms. The fourth-order valence-electron chi connectivity index (χ4n) is 9.71. The van der Waals surface area contributed by atoms with Crippen molar-refractivity contribution in [3.05, 3.63) is 71.3 Å². The van der Waals surface area contributed by atoms with Gasteiger partial charge >= 0.3 is 18.2 Å². The molecule has 2 amide bonds. The number of nitrogens with zero attached hydrogens (tertiary/aromatic N) is 3. The van der Waals surface area contributed by atoms with Crippen LogP contribution in [0.5, 0.6) is 0 Å². The molecule has 4 heterocycles. The minimum atomic E-state index is -0.656. The molecule has 0 aromatic heterocycles. The van der Waals surface area contributed by atoms with Crippen molar-refractivity contribution in [2.45, 2.75) is 94.3 Å². The number of hydrogen-bond acceptors (Lipinski definition) is 10. The molecule has 1 unspecified atom stereocenters. The van der Waals surface area contributed by atoms with E-state index < -0.39 is 23.7 Å². The number of carbonyl (C=O) groups excluding carboxylic acids is 3. The highest BCUT2D eigenvalue weighted by atomic mass is 16.6. The third-order valence-corrected chi connectivity index (χ3v) is 12.9. The molecule has 7 atom stereocenters. The van der Waals surface area contributed by atoms with Gasteiger partial charge in [0.2, 0.25) is 0 Å². The number of ether oxygens (including phenoxy) is 6. The van der Waals surface area contributed by atoms with Crippen molar-refractivity contribution < 1.29 is 42.8 Å². The van der Waals surface area contributed by atoms with Gasteiger partial charge < -0.3 is 33.3 Å². The third-order valence-electron chi connectivity index (χ3n) is 12.9. The maximum absolute atomic E-state index is 13.4. The molecule has 12 heteroatoms. The minimum Gasteiger partial charge on any atom is -0.463 e. The first-order valence-corrected chi connectivity index (χ1v) is 20.1. The quantitative estimate of drug-likeness (QED) is 0.121. The molecule has 5 fully saturated rings. The Morgan fingerprint density at radius 3 is 2.25 bits per heavy atom. The van der Waals surface area contributed by atoms with Crippen LogP contribution in [0.2, 0.25) is 0 Å². The Labute approximate surface area is 324 Å². The summed E-state index contributed by atoms with van der Waals surface area (Å²) in [6, 6.07) is 15.8. The Morgan fingerprint density at radius 1 is 0.909 bits per heavy atom. The Bertz CT molecular complexity index is 1740. The molecule has 0 N–H and O–H groups in total. The topological polar surface area (TPSA) is 123 Å². The number of esters is 1. The second-order valence-corrected chi connectivity index (χ2v) is 16.5. The highest BCUT2D eigenvalue weighted by molar-refractivity contribution is 5.82. The van der Waals surface area contributed by atoms with Crippen LogP contribution in [0.25, 0.3) is 11.1 Å². The zero-order chi connectivity index (χ0) is 38.3. The maximum Gasteiger partial charge on any atom is 0.410 e. The van der Waals surface area contributed by atoms with E-state index in [1.54, 1.807) is 12.0 Å². The van der Waals surface area contributed by atoms with E-state index in [0.29, 0.717) is 65.1 Å². The van der Waals surface area contributed by atoms with Gasteiger partial charge in [-0.3, -0.25) is 9.80 Å². The summed E-state index contributed by atoms with van der Waals surface area (Å²) in [7, 11) is 1.69. The first kappa shape index (κ1) is 37.9. The molecule has 6 aliphatic rings. The van der Waals surface area contributed by atoms with E-state index in [2.05, 4.69) is 56.0 Å². The molecule has 1 spiro atoms. The Kier molecular flexibility index (Phi) is 10.7. The van der Waals surface area contributed by atoms with Crippen LogP contribution in [-0.2, 0) is 33.2 Å². The van der Waals surface area contributed by atoms with Crippen molar-refractivity contribution in [3.63, 3.8) is 0 Å². The number of benzene rings is 2. The number of carbonyl (C=O) groups is 3. The van der Waals surface area contributed by atoms with Crippen LogP contribution < -0.4 is 0 Å². The number of fused-ring (bicyclic) bond motifs is 3. The molecule has 12 nitrogen and oxygen atoms in total. The second-order valence-electron chi connectivity index (χ2n) is 16.5. The summed E-state index contributed by atoms with van der Waals surface area (Å²) in [6.07, 6.45) is 4.37.